The number of rotatable bonds is 3. The van der Waals surface area contributed by atoms with Crippen molar-refractivity contribution in [2.75, 3.05) is 0 Å². The van der Waals surface area contributed by atoms with E-state index in [1.54, 1.807) is 23.5 Å². The molecule has 0 radical (unpaired) electrons. The molecule has 1 nitrogen and oxygen atoms in total. The molecule has 1 aromatic heterocycles. The van der Waals surface area contributed by atoms with Gasteiger partial charge in [-0.1, -0.05) is 11.6 Å². The Hall–Kier alpha value is -0.900. The van der Waals surface area contributed by atoms with Gasteiger partial charge >= 0.3 is 0 Å². The standard InChI is InChI=1S/C13H13ClFNS/c1-8-2-5-13(17-8)12(16)7-9-6-10(14)3-4-11(9)15/h2-6,12H,7,16H2,1H3. The molecule has 0 saturated heterocycles. The van der Waals surface area contributed by atoms with E-state index < -0.39 is 0 Å². The van der Waals surface area contributed by atoms with Crippen LogP contribution in [0.2, 0.25) is 5.02 Å². The van der Waals surface area contributed by atoms with Crippen molar-refractivity contribution in [2.24, 2.45) is 5.73 Å². The zero-order valence-corrected chi connectivity index (χ0v) is 11.0. The van der Waals surface area contributed by atoms with Crippen molar-refractivity contribution in [1.29, 1.82) is 0 Å². The smallest absolute Gasteiger partial charge is 0.126 e. The SMILES string of the molecule is Cc1ccc(C(N)Cc2cc(Cl)ccc2F)s1. The maximum Gasteiger partial charge on any atom is 0.126 e. The lowest BCUT2D eigenvalue weighted by Crippen LogP contribution is -2.12. The minimum Gasteiger partial charge on any atom is -0.323 e. The highest BCUT2D eigenvalue weighted by Gasteiger charge is 2.12. The first-order valence-corrected chi connectivity index (χ1v) is 6.51. The highest BCUT2D eigenvalue weighted by Crippen LogP contribution is 2.25. The molecule has 0 aliphatic heterocycles. The molecule has 0 saturated carbocycles. The summed E-state index contributed by atoms with van der Waals surface area (Å²) in [4.78, 5) is 2.28. The van der Waals surface area contributed by atoms with Crippen LogP contribution < -0.4 is 5.73 Å². The van der Waals surface area contributed by atoms with Crippen LogP contribution in [0.3, 0.4) is 0 Å². The third kappa shape index (κ3) is 3.06. The van der Waals surface area contributed by atoms with Crippen molar-refractivity contribution in [3.8, 4) is 0 Å². The van der Waals surface area contributed by atoms with Crippen LogP contribution in [0.1, 0.15) is 21.4 Å². The van der Waals surface area contributed by atoms with Gasteiger partial charge in [0.05, 0.1) is 0 Å². The Morgan fingerprint density at radius 1 is 1.35 bits per heavy atom. The molecule has 0 spiro atoms. The lowest BCUT2D eigenvalue weighted by molar-refractivity contribution is 0.595. The Bertz CT molecular complexity index is 524. The molecule has 0 amide bonds. The first-order chi connectivity index (χ1) is 8.06. The molecule has 2 N–H and O–H groups in total. The van der Waals surface area contributed by atoms with E-state index in [4.69, 9.17) is 17.3 Å². The fraction of sp³-hybridized carbons (Fsp3) is 0.231. The maximum atomic E-state index is 13.5. The van der Waals surface area contributed by atoms with E-state index in [1.165, 1.54) is 10.9 Å². The van der Waals surface area contributed by atoms with Crippen molar-refractivity contribution in [2.45, 2.75) is 19.4 Å². The number of hydrogen-bond donors (Lipinski definition) is 1. The second-order valence-electron chi connectivity index (χ2n) is 3.99. The van der Waals surface area contributed by atoms with Gasteiger partial charge in [0.25, 0.3) is 0 Å². The lowest BCUT2D eigenvalue weighted by Gasteiger charge is -2.10. The van der Waals surface area contributed by atoms with E-state index in [-0.39, 0.29) is 11.9 Å². The summed E-state index contributed by atoms with van der Waals surface area (Å²) in [6.07, 6.45) is 0.465. The third-order valence-electron chi connectivity index (χ3n) is 2.57. The Morgan fingerprint density at radius 2 is 2.12 bits per heavy atom. The van der Waals surface area contributed by atoms with Crippen molar-refractivity contribution in [3.05, 3.63) is 56.5 Å². The van der Waals surface area contributed by atoms with Gasteiger partial charge in [0.1, 0.15) is 5.82 Å². The molecule has 1 aromatic carbocycles. The van der Waals surface area contributed by atoms with E-state index >= 15 is 0 Å². The van der Waals surface area contributed by atoms with E-state index in [2.05, 4.69) is 0 Å². The number of hydrogen-bond acceptors (Lipinski definition) is 2. The molecule has 17 heavy (non-hydrogen) atoms. The van der Waals surface area contributed by atoms with E-state index in [0.29, 0.717) is 17.0 Å². The van der Waals surface area contributed by atoms with Crippen molar-refractivity contribution >= 4 is 22.9 Å². The van der Waals surface area contributed by atoms with Gasteiger partial charge in [0.15, 0.2) is 0 Å². The van der Waals surface area contributed by atoms with Gasteiger partial charge in [0.2, 0.25) is 0 Å². The molecular weight excluding hydrogens is 257 g/mol. The Labute approximate surface area is 109 Å². The molecule has 1 unspecified atom stereocenters. The van der Waals surface area contributed by atoms with Gasteiger partial charge in [-0.3, -0.25) is 0 Å². The van der Waals surface area contributed by atoms with Crippen LogP contribution in [-0.2, 0) is 6.42 Å². The summed E-state index contributed by atoms with van der Waals surface area (Å²) >= 11 is 7.49. The van der Waals surface area contributed by atoms with Crippen molar-refractivity contribution < 1.29 is 4.39 Å². The van der Waals surface area contributed by atoms with Crippen LogP contribution in [0.4, 0.5) is 4.39 Å². The summed E-state index contributed by atoms with van der Waals surface area (Å²) in [6, 6.07) is 8.39. The topological polar surface area (TPSA) is 26.0 Å². The predicted octanol–water partition coefficient (Wildman–Crippen LogP) is 4.09. The zero-order chi connectivity index (χ0) is 12.4. The maximum absolute atomic E-state index is 13.5. The Kier molecular flexibility index (Phi) is 3.82. The third-order valence-corrected chi connectivity index (χ3v) is 3.94. The van der Waals surface area contributed by atoms with Gasteiger partial charge in [-0.2, -0.15) is 0 Å². The first kappa shape index (κ1) is 12.6. The highest BCUT2D eigenvalue weighted by molar-refractivity contribution is 7.12. The molecule has 2 aromatic rings. The molecule has 0 bridgehead atoms. The number of thiophene rings is 1. The monoisotopic (exact) mass is 269 g/mol. The van der Waals surface area contributed by atoms with Crippen LogP contribution in [0.25, 0.3) is 0 Å². The lowest BCUT2D eigenvalue weighted by atomic mass is 10.0. The summed E-state index contributed by atoms with van der Waals surface area (Å²) in [5.41, 5.74) is 6.63. The molecule has 0 fully saturated rings. The average molecular weight is 270 g/mol. The molecule has 1 heterocycles. The van der Waals surface area contributed by atoms with Crippen LogP contribution in [0, 0.1) is 12.7 Å². The molecule has 1 atom stereocenters. The van der Waals surface area contributed by atoms with E-state index in [9.17, 15) is 4.39 Å². The fourth-order valence-electron chi connectivity index (χ4n) is 1.69. The number of aryl methyl sites for hydroxylation is 1. The second-order valence-corrected chi connectivity index (χ2v) is 5.75. The average Bonchev–Trinajstić information content (AvgIpc) is 2.70. The predicted molar refractivity (Wildman–Crippen MR) is 71.1 cm³/mol. The second kappa shape index (κ2) is 5.17. The molecule has 4 heteroatoms. The summed E-state index contributed by atoms with van der Waals surface area (Å²) in [6.45, 7) is 2.03. The van der Waals surface area contributed by atoms with Crippen LogP contribution >= 0.6 is 22.9 Å². The minimum atomic E-state index is -0.252. The van der Waals surface area contributed by atoms with Gasteiger partial charge in [-0.25, -0.2) is 4.39 Å². The molecule has 0 aliphatic carbocycles. The molecule has 90 valence electrons. The van der Waals surface area contributed by atoms with Crippen molar-refractivity contribution in [1.82, 2.24) is 0 Å². The van der Waals surface area contributed by atoms with Crippen molar-refractivity contribution in [3.63, 3.8) is 0 Å². The summed E-state index contributed by atoms with van der Waals surface area (Å²) in [5.74, 6) is -0.252. The minimum absolute atomic E-state index is 0.179. The van der Waals surface area contributed by atoms with Crippen LogP contribution in [-0.4, -0.2) is 0 Å². The largest absolute Gasteiger partial charge is 0.323 e. The number of benzene rings is 1. The quantitative estimate of drug-likeness (QED) is 0.892. The van der Waals surface area contributed by atoms with Gasteiger partial charge < -0.3 is 5.73 Å². The summed E-state index contributed by atoms with van der Waals surface area (Å²) in [5, 5.41) is 0.538. The number of halogens is 2. The van der Waals surface area contributed by atoms with E-state index in [1.807, 2.05) is 19.1 Å². The number of nitrogens with two attached hydrogens (primary N) is 1. The van der Waals surface area contributed by atoms with Gasteiger partial charge in [-0.05, 0) is 49.2 Å². The Morgan fingerprint density at radius 3 is 2.76 bits per heavy atom. The normalized spacial score (nSPS) is 12.7. The van der Waals surface area contributed by atoms with E-state index in [0.717, 1.165) is 4.88 Å². The Balaban J connectivity index is 2.18. The van der Waals surface area contributed by atoms with Gasteiger partial charge in [0, 0.05) is 20.8 Å². The first-order valence-electron chi connectivity index (χ1n) is 5.32. The molecular formula is C13H13ClFNS. The van der Waals surface area contributed by atoms with Crippen LogP contribution in [0.15, 0.2) is 30.3 Å². The van der Waals surface area contributed by atoms with Crippen LogP contribution in [0.5, 0.6) is 0 Å². The zero-order valence-electron chi connectivity index (χ0n) is 9.41. The summed E-state index contributed by atoms with van der Waals surface area (Å²) < 4.78 is 13.5. The van der Waals surface area contributed by atoms with Gasteiger partial charge in [-0.15, -0.1) is 11.3 Å². The summed E-state index contributed by atoms with van der Waals surface area (Å²) in [7, 11) is 0. The fourth-order valence-corrected chi connectivity index (χ4v) is 2.76. The molecule has 2 rings (SSSR count). The molecule has 0 aliphatic rings. The highest BCUT2D eigenvalue weighted by atomic mass is 35.5.